The van der Waals surface area contributed by atoms with Crippen LogP contribution in [0.4, 0.5) is 5.82 Å². The van der Waals surface area contributed by atoms with Crippen LogP contribution in [0.1, 0.15) is 18.5 Å². The van der Waals surface area contributed by atoms with Gasteiger partial charge in [0.05, 0.1) is 19.3 Å². The second kappa shape index (κ2) is 6.28. The fourth-order valence-electron chi connectivity index (χ4n) is 2.13. The van der Waals surface area contributed by atoms with Crippen molar-refractivity contribution >= 4 is 5.82 Å². The molecule has 1 aliphatic rings. The minimum atomic E-state index is 0.0328. The molecule has 1 aromatic rings. The van der Waals surface area contributed by atoms with Gasteiger partial charge in [-0.1, -0.05) is 0 Å². The van der Waals surface area contributed by atoms with E-state index in [-0.39, 0.29) is 12.7 Å². The van der Waals surface area contributed by atoms with E-state index in [1.807, 2.05) is 4.90 Å². The maximum atomic E-state index is 9.01. The average molecular weight is 248 g/mol. The molecule has 18 heavy (non-hydrogen) atoms. The van der Waals surface area contributed by atoms with Crippen LogP contribution in [0.5, 0.6) is 0 Å². The molecular formula is C12H16N4O2. The smallest absolute Gasteiger partial charge is 0.183 e. The molecule has 1 unspecified atom stereocenters. The molecule has 1 saturated heterocycles. The highest BCUT2D eigenvalue weighted by Gasteiger charge is 2.23. The Morgan fingerprint density at radius 1 is 1.50 bits per heavy atom. The number of hydrogen-bond acceptors (Lipinski definition) is 6. The van der Waals surface area contributed by atoms with E-state index in [9.17, 15) is 0 Å². The van der Waals surface area contributed by atoms with Gasteiger partial charge in [-0.05, 0) is 12.8 Å². The SMILES string of the molecule is N#Cc1nccnc1N1CCCC(OCCO)C1. The number of aliphatic hydroxyl groups excluding tert-OH is 1. The van der Waals surface area contributed by atoms with Crippen molar-refractivity contribution in [2.45, 2.75) is 18.9 Å². The zero-order valence-corrected chi connectivity index (χ0v) is 10.1. The van der Waals surface area contributed by atoms with Crippen LogP contribution in [0, 0.1) is 11.3 Å². The Kier molecular flexibility index (Phi) is 4.45. The summed E-state index contributed by atoms with van der Waals surface area (Å²) >= 11 is 0. The van der Waals surface area contributed by atoms with Gasteiger partial charge in [0.15, 0.2) is 11.5 Å². The minimum absolute atomic E-state index is 0.0328. The summed E-state index contributed by atoms with van der Waals surface area (Å²) in [5.74, 6) is 0.622. The van der Waals surface area contributed by atoms with Gasteiger partial charge < -0.3 is 14.7 Å². The van der Waals surface area contributed by atoms with Gasteiger partial charge in [-0.3, -0.25) is 0 Å². The Morgan fingerprint density at radius 3 is 3.11 bits per heavy atom. The number of rotatable bonds is 4. The van der Waals surface area contributed by atoms with Crippen LogP contribution in [0.25, 0.3) is 0 Å². The first-order valence-corrected chi connectivity index (χ1v) is 6.03. The van der Waals surface area contributed by atoms with Gasteiger partial charge in [0.25, 0.3) is 0 Å². The normalized spacial score (nSPS) is 19.6. The molecule has 1 N–H and O–H groups in total. The maximum absolute atomic E-state index is 9.01. The minimum Gasteiger partial charge on any atom is -0.394 e. The second-order valence-corrected chi connectivity index (χ2v) is 4.15. The highest BCUT2D eigenvalue weighted by atomic mass is 16.5. The molecule has 0 amide bonds. The molecule has 2 rings (SSSR count). The van der Waals surface area contributed by atoms with E-state index in [0.717, 1.165) is 19.4 Å². The predicted octanol–water partition coefficient (Wildman–Crippen LogP) is 0.326. The zero-order chi connectivity index (χ0) is 12.8. The fraction of sp³-hybridized carbons (Fsp3) is 0.583. The molecule has 96 valence electrons. The van der Waals surface area contributed by atoms with Crippen LogP contribution >= 0.6 is 0 Å². The number of aliphatic hydroxyl groups is 1. The van der Waals surface area contributed by atoms with Gasteiger partial charge in [0.1, 0.15) is 6.07 Å². The Bertz CT molecular complexity index is 432. The molecule has 2 heterocycles. The Morgan fingerprint density at radius 2 is 2.33 bits per heavy atom. The number of hydrogen-bond donors (Lipinski definition) is 1. The van der Waals surface area contributed by atoms with Gasteiger partial charge >= 0.3 is 0 Å². The second-order valence-electron chi connectivity index (χ2n) is 4.15. The molecule has 1 atom stereocenters. The molecule has 0 aromatic carbocycles. The monoisotopic (exact) mass is 248 g/mol. The Labute approximate surface area is 106 Å². The molecule has 0 spiro atoms. The van der Waals surface area contributed by atoms with Gasteiger partial charge in [-0.25, -0.2) is 9.97 Å². The predicted molar refractivity (Wildman–Crippen MR) is 65.0 cm³/mol. The van der Waals surface area contributed by atoms with Crippen LogP contribution in [0.2, 0.25) is 0 Å². The van der Waals surface area contributed by atoms with E-state index in [2.05, 4.69) is 16.0 Å². The van der Waals surface area contributed by atoms with Gasteiger partial charge in [-0.15, -0.1) is 0 Å². The van der Waals surface area contributed by atoms with Crippen molar-refractivity contribution in [3.63, 3.8) is 0 Å². The highest BCUT2D eigenvalue weighted by Crippen LogP contribution is 2.21. The molecule has 0 radical (unpaired) electrons. The van der Waals surface area contributed by atoms with Gasteiger partial charge in [-0.2, -0.15) is 5.26 Å². The van der Waals surface area contributed by atoms with Crippen LogP contribution in [0.15, 0.2) is 12.4 Å². The number of piperidine rings is 1. The summed E-state index contributed by atoms with van der Waals surface area (Å²) < 4.78 is 5.53. The Hall–Kier alpha value is -1.71. The third kappa shape index (κ3) is 2.94. The first-order valence-electron chi connectivity index (χ1n) is 6.03. The number of nitrogens with zero attached hydrogens (tertiary/aromatic N) is 4. The summed E-state index contributed by atoms with van der Waals surface area (Å²) in [6.07, 6.45) is 5.15. The van der Waals surface area contributed by atoms with E-state index in [0.29, 0.717) is 24.7 Å². The van der Waals surface area contributed by atoms with E-state index < -0.39 is 0 Å². The molecule has 1 aliphatic heterocycles. The Balaban J connectivity index is 2.06. The number of nitriles is 1. The largest absolute Gasteiger partial charge is 0.394 e. The van der Waals surface area contributed by atoms with Crippen LogP contribution in [0.3, 0.4) is 0 Å². The van der Waals surface area contributed by atoms with E-state index in [1.54, 1.807) is 6.20 Å². The molecule has 1 fully saturated rings. The third-order valence-corrected chi connectivity index (χ3v) is 2.91. The molecular weight excluding hydrogens is 232 g/mol. The molecule has 6 heteroatoms. The van der Waals surface area contributed by atoms with Crippen LogP contribution in [-0.2, 0) is 4.74 Å². The number of ether oxygens (including phenoxy) is 1. The summed E-state index contributed by atoms with van der Waals surface area (Å²) in [6, 6.07) is 2.05. The van der Waals surface area contributed by atoms with E-state index >= 15 is 0 Å². The van der Waals surface area contributed by atoms with Crippen molar-refractivity contribution in [3.05, 3.63) is 18.1 Å². The lowest BCUT2D eigenvalue weighted by molar-refractivity contribution is 0.0213. The van der Waals surface area contributed by atoms with E-state index in [1.165, 1.54) is 6.20 Å². The summed E-state index contributed by atoms with van der Waals surface area (Å²) in [7, 11) is 0. The standard InChI is InChI=1S/C12H16N4O2/c13-8-11-12(15-4-3-14-11)16-5-1-2-10(9-16)18-7-6-17/h3-4,10,17H,1-2,5-7,9H2. The first kappa shape index (κ1) is 12.7. The quantitative estimate of drug-likeness (QED) is 0.826. The van der Waals surface area contributed by atoms with Gasteiger partial charge in [0, 0.05) is 25.5 Å². The molecule has 0 aliphatic carbocycles. The van der Waals surface area contributed by atoms with Crippen molar-refractivity contribution in [1.82, 2.24) is 9.97 Å². The van der Waals surface area contributed by atoms with Crippen LogP contribution < -0.4 is 4.90 Å². The van der Waals surface area contributed by atoms with Crippen LogP contribution in [-0.4, -0.2) is 47.5 Å². The molecule has 0 bridgehead atoms. The summed E-state index contributed by atoms with van der Waals surface area (Å²) in [4.78, 5) is 10.3. The lowest BCUT2D eigenvalue weighted by atomic mass is 10.1. The lowest BCUT2D eigenvalue weighted by Crippen LogP contribution is -2.41. The van der Waals surface area contributed by atoms with Crippen molar-refractivity contribution < 1.29 is 9.84 Å². The number of aromatic nitrogens is 2. The lowest BCUT2D eigenvalue weighted by Gasteiger charge is -2.33. The van der Waals surface area contributed by atoms with Gasteiger partial charge in [0.2, 0.25) is 0 Å². The molecule has 6 nitrogen and oxygen atoms in total. The molecule has 1 aromatic heterocycles. The van der Waals surface area contributed by atoms with Crippen molar-refractivity contribution in [1.29, 1.82) is 5.26 Å². The third-order valence-electron chi connectivity index (χ3n) is 2.91. The maximum Gasteiger partial charge on any atom is 0.183 e. The topological polar surface area (TPSA) is 82.3 Å². The number of anilines is 1. The summed E-state index contributed by atoms with van der Waals surface area (Å²) in [6.45, 7) is 1.93. The summed E-state index contributed by atoms with van der Waals surface area (Å²) in [5.41, 5.74) is 0.348. The van der Waals surface area contributed by atoms with Crippen molar-refractivity contribution in [2.24, 2.45) is 0 Å². The molecule has 0 saturated carbocycles. The van der Waals surface area contributed by atoms with E-state index in [4.69, 9.17) is 15.1 Å². The summed E-state index contributed by atoms with van der Waals surface area (Å²) in [5, 5.41) is 17.8. The van der Waals surface area contributed by atoms with Crippen molar-refractivity contribution in [3.8, 4) is 6.07 Å². The first-order chi connectivity index (χ1) is 8.85. The highest BCUT2D eigenvalue weighted by molar-refractivity contribution is 5.49. The fourth-order valence-corrected chi connectivity index (χ4v) is 2.13. The average Bonchev–Trinajstić information content (AvgIpc) is 2.45. The van der Waals surface area contributed by atoms with Crippen molar-refractivity contribution in [2.75, 3.05) is 31.2 Å². The zero-order valence-electron chi connectivity index (χ0n) is 10.1.